The van der Waals surface area contributed by atoms with Crippen LogP contribution >= 0.6 is 0 Å². The zero-order valence-electron chi connectivity index (χ0n) is 9.71. The first-order valence-corrected chi connectivity index (χ1v) is 5.53. The minimum Gasteiger partial charge on any atom is -0.394 e. The molecule has 0 aliphatic rings. The predicted octanol–water partition coefficient (Wildman–Crippen LogP) is 0.480. The van der Waals surface area contributed by atoms with Gasteiger partial charge in [-0.15, -0.1) is 0 Å². The first-order chi connectivity index (χ1) is 8.20. The van der Waals surface area contributed by atoms with Gasteiger partial charge in [-0.2, -0.15) is 5.10 Å². The van der Waals surface area contributed by atoms with Crippen molar-refractivity contribution in [3.05, 3.63) is 40.8 Å². The highest BCUT2D eigenvalue weighted by Gasteiger charge is 2.04. The lowest BCUT2D eigenvalue weighted by Gasteiger charge is -2.07. The van der Waals surface area contributed by atoms with E-state index in [2.05, 4.69) is 17.0 Å². The van der Waals surface area contributed by atoms with E-state index in [-0.39, 0.29) is 11.1 Å². The summed E-state index contributed by atoms with van der Waals surface area (Å²) in [6.45, 7) is 3.48. The number of pyridine rings is 1. The van der Waals surface area contributed by atoms with Gasteiger partial charge >= 0.3 is 0 Å². The van der Waals surface area contributed by atoms with Gasteiger partial charge in [0, 0.05) is 25.0 Å². The third-order valence-electron chi connectivity index (χ3n) is 2.46. The van der Waals surface area contributed by atoms with E-state index < -0.39 is 0 Å². The number of aromatic nitrogens is 4. The number of hydrogen-bond acceptors (Lipinski definition) is 4. The largest absolute Gasteiger partial charge is 0.394 e. The second-order valence-electron chi connectivity index (χ2n) is 3.84. The molecule has 2 heterocycles. The monoisotopic (exact) mass is 233 g/mol. The van der Waals surface area contributed by atoms with Crippen LogP contribution in [0.1, 0.15) is 19.2 Å². The first kappa shape index (κ1) is 11.4. The molecule has 0 aliphatic heterocycles. The molecule has 0 amide bonds. The minimum absolute atomic E-state index is 0.156. The smallest absolute Gasteiger partial charge is 0.204 e. The van der Waals surface area contributed by atoms with E-state index in [4.69, 9.17) is 5.73 Å². The van der Waals surface area contributed by atoms with E-state index >= 15 is 0 Å². The maximum Gasteiger partial charge on any atom is 0.204 e. The molecule has 0 unspecified atom stereocenters. The molecule has 0 aliphatic carbocycles. The summed E-state index contributed by atoms with van der Waals surface area (Å²) in [7, 11) is 0. The lowest BCUT2D eigenvalue weighted by molar-refractivity contribution is 0.553. The zero-order valence-corrected chi connectivity index (χ0v) is 9.71. The van der Waals surface area contributed by atoms with E-state index in [1.54, 1.807) is 12.4 Å². The Hall–Kier alpha value is -2.11. The van der Waals surface area contributed by atoms with Crippen LogP contribution in [0.2, 0.25) is 0 Å². The van der Waals surface area contributed by atoms with Gasteiger partial charge in [-0.3, -0.25) is 4.79 Å². The SMILES string of the molecule is CCCn1ncnc1Cn1ccc(=O)c(N)c1. The molecule has 2 aromatic rings. The van der Waals surface area contributed by atoms with Gasteiger partial charge in [0.1, 0.15) is 12.2 Å². The Kier molecular flexibility index (Phi) is 3.22. The van der Waals surface area contributed by atoms with Gasteiger partial charge < -0.3 is 10.3 Å². The van der Waals surface area contributed by atoms with Crippen LogP contribution in [-0.2, 0) is 13.1 Å². The molecule has 0 saturated carbocycles. The molecule has 0 saturated heterocycles. The zero-order chi connectivity index (χ0) is 12.3. The second kappa shape index (κ2) is 4.82. The molecule has 6 nitrogen and oxygen atoms in total. The summed E-state index contributed by atoms with van der Waals surface area (Å²) < 4.78 is 3.68. The number of nitrogens with zero attached hydrogens (tertiary/aromatic N) is 4. The van der Waals surface area contributed by atoms with E-state index in [9.17, 15) is 4.79 Å². The molecule has 6 heteroatoms. The highest BCUT2D eigenvalue weighted by Crippen LogP contribution is 2.01. The summed E-state index contributed by atoms with van der Waals surface area (Å²) in [5.41, 5.74) is 5.66. The maximum absolute atomic E-state index is 11.2. The molecule has 0 aromatic carbocycles. The van der Waals surface area contributed by atoms with Gasteiger partial charge in [0.15, 0.2) is 0 Å². The van der Waals surface area contributed by atoms with Crippen molar-refractivity contribution >= 4 is 5.69 Å². The lowest BCUT2D eigenvalue weighted by atomic mass is 10.4. The molecule has 0 atom stereocenters. The Balaban J connectivity index is 2.22. The summed E-state index contributed by atoms with van der Waals surface area (Å²) in [5, 5.41) is 4.14. The molecule has 0 radical (unpaired) electrons. The second-order valence-corrected chi connectivity index (χ2v) is 3.84. The van der Waals surface area contributed by atoms with Crippen LogP contribution in [0.25, 0.3) is 0 Å². The molecule has 2 rings (SSSR count). The van der Waals surface area contributed by atoms with Gasteiger partial charge in [-0.25, -0.2) is 9.67 Å². The van der Waals surface area contributed by atoms with Crippen LogP contribution < -0.4 is 11.2 Å². The van der Waals surface area contributed by atoms with Crippen molar-refractivity contribution in [3.63, 3.8) is 0 Å². The highest BCUT2D eigenvalue weighted by molar-refractivity contribution is 5.33. The topological polar surface area (TPSA) is 78.7 Å². The Morgan fingerprint density at radius 3 is 3.00 bits per heavy atom. The number of hydrogen-bond donors (Lipinski definition) is 1. The van der Waals surface area contributed by atoms with E-state index in [1.165, 1.54) is 12.4 Å². The van der Waals surface area contributed by atoms with Gasteiger partial charge in [-0.1, -0.05) is 6.92 Å². The fourth-order valence-corrected chi connectivity index (χ4v) is 1.62. The molecule has 17 heavy (non-hydrogen) atoms. The summed E-state index contributed by atoms with van der Waals surface area (Å²) in [5.74, 6) is 0.856. The number of nitrogen functional groups attached to an aromatic ring is 1. The highest BCUT2D eigenvalue weighted by atomic mass is 16.1. The van der Waals surface area contributed by atoms with Crippen molar-refractivity contribution in [1.29, 1.82) is 0 Å². The third-order valence-corrected chi connectivity index (χ3v) is 2.46. The van der Waals surface area contributed by atoms with E-state index in [1.807, 2.05) is 9.25 Å². The molecule has 90 valence electrons. The minimum atomic E-state index is -0.156. The molecule has 0 bridgehead atoms. The van der Waals surface area contributed by atoms with Crippen molar-refractivity contribution in [2.75, 3.05) is 5.73 Å². The van der Waals surface area contributed by atoms with Crippen LogP contribution in [0.15, 0.2) is 29.6 Å². The fraction of sp³-hybridized carbons (Fsp3) is 0.364. The predicted molar refractivity (Wildman–Crippen MR) is 64.5 cm³/mol. The van der Waals surface area contributed by atoms with Gasteiger partial charge in [0.25, 0.3) is 0 Å². The standard InChI is InChI=1S/C11H15N5O/c1-2-4-16-11(13-8-14-16)7-15-5-3-10(17)9(12)6-15/h3,5-6,8H,2,4,7,12H2,1H3. The van der Waals surface area contributed by atoms with E-state index in [0.717, 1.165) is 18.8 Å². The Morgan fingerprint density at radius 2 is 2.29 bits per heavy atom. The summed E-state index contributed by atoms with van der Waals surface area (Å²) in [6.07, 6.45) is 5.86. The molecular formula is C11H15N5O. The molecule has 0 spiro atoms. The van der Waals surface area contributed by atoms with E-state index in [0.29, 0.717) is 6.54 Å². The number of rotatable bonds is 4. The fourth-order valence-electron chi connectivity index (χ4n) is 1.62. The molecule has 2 aromatic heterocycles. The average Bonchev–Trinajstić information content (AvgIpc) is 2.72. The van der Waals surface area contributed by atoms with Crippen LogP contribution in [-0.4, -0.2) is 19.3 Å². The van der Waals surface area contributed by atoms with Crippen LogP contribution in [0.5, 0.6) is 0 Å². The average molecular weight is 233 g/mol. The van der Waals surface area contributed by atoms with Crippen molar-refractivity contribution in [2.45, 2.75) is 26.4 Å². The van der Waals surface area contributed by atoms with Gasteiger partial charge in [-0.05, 0) is 6.42 Å². The quantitative estimate of drug-likeness (QED) is 0.833. The molecular weight excluding hydrogens is 218 g/mol. The summed E-state index contributed by atoms with van der Waals surface area (Å²) >= 11 is 0. The summed E-state index contributed by atoms with van der Waals surface area (Å²) in [6, 6.07) is 1.45. The number of anilines is 1. The Bertz CT molecular complexity index is 557. The number of aryl methyl sites for hydroxylation is 1. The maximum atomic E-state index is 11.2. The Morgan fingerprint density at radius 1 is 1.47 bits per heavy atom. The van der Waals surface area contributed by atoms with Crippen molar-refractivity contribution in [3.8, 4) is 0 Å². The third kappa shape index (κ3) is 2.52. The van der Waals surface area contributed by atoms with Gasteiger partial charge in [0.2, 0.25) is 5.43 Å². The van der Waals surface area contributed by atoms with Crippen molar-refractivity contribution in [2.24, 2.45) is 0 Å². The Labute approximate surface area is 98.7 Å². The van der Waals surface area contributed by atoms with Crippen LogP contribution in [0.4, 0.5) is 5.69 Å². The van der Waals surface area contributed by atoms with Gasteiger partial charge in [0.05, 0.1) is 12.2 Å². The van der Waals surface area contributed by atoms with Crippen molar-refractivity contribution < 1.29 is 0 Å². The first-order valence-electron chi connectivity index (χ1n) is 5.53. The van der Waals surface area contributed by atoms with Crippen LogP contribution in [0, 0.1) is 0 Å². The normalized spacial score (nSPS) is 10.6. The van der Waals surface area contributed by atoms with Crippen molar-refractivity contribution in [1.82, 2.24) is 19.3 Å². The molecule has 0 fully saturated rings. The lowest BCUT2D eigenvalue weighted by Crippen LogP contribution is -2.14. The summed E-state index contributed by atoms with van der Waals surface area (Å²) in [4.78, 5) is 15.4. The number of nitrogens with two attached hydrogens (primary N) is 1. The molecule has 2 N–H and O–H groups in total. The van der Waals surface area contributed by atoms with Crippen LogP contribution in [0.3, 0.4) is 0 Å².